The van der Waals surface area contributed by atoms with Crippen molar-refractivity contribution < 1.29 is 19.1 Å². The number of hydrogen-bond acceptors (Lipinski definition) is 5. The van der Waals surface area contributed by atoms with Crippen LogP contribution >= 0.6 is 0 Å². The minimum absolute atomic E-state index is 0.0756. The van der Waals surface area contributed by atoms with Crippen LogP contribution in [0.3, 0.4) is 0 Å². The maximum atomic E-state index is 12.5. The lowest BCUT2D eigenvalue weighted by molar-refractivity contribution is -0.140. The van der Waals surface area contributed by atoms with E-state index in [2.05, 4.69) is 16.3 Å². The number of likely N-dealkylation sites (tertiary alicyclic amines) is 1. The first kappa shape index (κ1) is 21.0. The predicted octanol–water partition coefficient (Wildman–Crippen LogP) is 1.70. The van der Waals surface area contributed by atoms with Gasteiger partial charge in [-0.05, 0) is 24.0 Å². The summed E-state index contributed by atoms with van der Waals surface area (Å²) in [7, 11) is 0. The van der Waals surface area contributed by atoms with E-state index in [1.165, 1.54) is 10.5 Å². The minimum atomic E-state index is -0.152. The van der Waals surface area contributed by atoms with Crippen LogP contribution in [0.15, 0.2) is 24.3 Å². The average molecular weight is 414 g/mol. The number of benzene rings is 1. The van der Waals surface area contributed by atoms with Gasteiger partial charge in [0.2, 0.25) is 17.7 Å². The second kappa shape index (κ2) is 9.71. The zero-order valence-electron chi connectivity index (χ0n) is 17.5. The van der Waals surface area contributed by atoms with Crippen LogP contribution in [0.25, 0.3) is 0 Å². The fourth-order valence-electron chi connectivity index (χ4n) is 4.83. The lowest BCUT2D eigenvalue weighted by atomic mass is 9.81. The van der Waals surface area contributed by atoms with Crippen LogP contribution in [0.1, 0.15) is 43.2 Å². The number of nitrogens with one attached hydrogen (secondary N) is 1. The number of nitrogens with zero attached hydrogens (tertiary/aromatic N) is 2. The van der Waals surface area contributed by atoms with Gasteiger partial charge in [0.15, 0.2) is 0 Å². The molecule has 1 saturated carbocycles. The Hall–Kier alpha value is -2.25. The van der Waals surface area contributed by atoms with Gasteiger partial charge < -0.3 is 10.1 Å². The molecule has 0 unspecified atom stereocenters. The van der Waals surface area contributed by atoms with Gasteiger partial charge in [-0.1, -0.05) is 37.1 Å². The van der Waals surface area contributed by atoms with Gasteiger partial charge in [0.1, 0.15) is 0 Å². The van der Waals surface area contributed by atoms with Gasteiger partial charge in [-0.2, -0.15) is 0 Å². The molecule has 162 valence electrons. The number of imide groups is 1. The molecule has 1 N–H and O–H groups in total. The number of amides is 3. The van der Waals surface area contributed by atoms with Gasteiger partial charge in [-0.25, -0.2) is 0 Å². The molecule has 4 rings (SSSR count). The van der Waals surface area contributed by atoms with Crippen LogP contribution in [-0.4, -0.2) is 60.4 Å². The van der Waals surface area contributed by atoms with Gasteiger partial charge in [-0.15, -0.1) is 0 Å². The lowest BCUT2D eigenvalue weighted by Gasteiger charge is -2.27. The van der Waals surface area contributed by atoms with Crippen molar-refractivity contribution in [3.63, 3.8) is 0 Å². The third-order valence-corrected chi connectivity index (χ3v) is 6.59. The third-order valence-electron chi connectivity index (χ3n) is 6.59. The smallest absolute Gasteiger partial charge is 0.233 e. The van der Waals surface area contributed by atoms with Crippen LogP contribution in [0, 0.1) is 11.8 Å². The topological polar surface area (TPSA) is 79.0 Å². The number of carbonyl (C=O) groups is 3. The highest BCUT2D eigenvalue weighted by Crippen LogP contribution is 2.37. The van der Waals surface area contributed by atoms with Crippen molar-refractivity contribution in [2.45, 2.75) is 45.2 Å². The second-order valence-corrected chi connectivity index (χ2v) is 8.51. The minimum Gasteiger partial charge on any atom is -0.379 e. The first-order valence-corrected chi connectivity index (χ1v) is 11.1. The normalized spacial score (nSPS) is 24.7. The molecule has 0 spiro atoms. The van der Waals surface area contributed by atoms with Crippen molar-refractivity contribution in [3.05, 3.63) is 35.4 Å². The van der Waals surface area contributed by atoms with E-state index in [1.807, 2.05) is 18.2 Å². The molecule has 7 nitrogen and oxygen atoms in total. The molecule has 3 fully saturated rings. The molecule has 1 aliphatic carbocycles. The summed E-state index contributed by atoms with van der Waals surface area (Å²) in [6.07, 6.45) is 3.79. The van der Waals surface area contributed by atoms with Gasteiger partial charge in [0, 0.05) is 39.1 Å². The zero-order chi connectivity index (χ0) is 20.9. The Balaban J connectivity index is 1.27. The zero-order valence-corrected chi connectivity index (χ0v) is 17.5. The lowest BCUT2D eigenvalue weighted by Crippen LogP contribution is -2.36. The summed E-state index contributed by atoms with van der Waals surface area (Å²) in [4.78, 5) is 41.2. The second-order valence-electron chi connectivity index (χ2n) is 8.51. The van der Waals surface area contributed by atoms with E-state index < -0.39 is 0 Å². The third kappa shape index (κ3) is 4.73. The Morgan fingerprint density at radius 3 is 2.30 bits per heavy atom. The highest BCUT2D eigenvalue weighted by molar-refractivity contribution is 6.05. The maximum Gasteiger partial charge on any atom is 0.233 e. The Morgan fingerprint density at radius 1 is 1.00 bits per heavy atom. The fraction of sp³-hybridized carbons (Fsp3) is 0.609. The average Bonchev–Trinajstić information content (AvgIpc) is 3.02. The molecule has 1 aromatic rings. The van der Waals surface area contributed by atoms with Crippen LogP contribution in [0.5, 0.6) is 0 Å². The molecule has 0 bridgehead atoms. The summed E-state index contributed by atoms with van der Waals surface area (Å²) in [6.45, 7) is 4.83. The van der Waals surface area contributed by atoms with Gasteiger partial charge in [-0.3, -0.25) is 24.2 Å². The Labute approximate surface area is 177 Å². The molecule has 2 atom stereocenters. The Bertz CT molecular complexity index is 766. The molecular formula is C23H31N3O4. The number of fused-ring (bicyclic) bond motifs is 1. The fourth-order valence-corrected chi connectivity index (χ4v) is 4.83. The van der Waals surface area contributed by atoms with E-state index in [0.29, 0.717) is 6.54 Å². The van der Waals surface area contributed by atoms with Crippen molar-refractivity contribution in [1.82, 2.24) is 15.1 Å². The number of ether oxygens (including phenoxy) is 1. The molecular weight excluding hydrogens is 382 g/mol. The number of morpholine rings is 1. The Kier molecular flexibility index (Phi) is 6.79. The van der Waals surface area contributed by atoms with Crippen LogP contribution in [0.2, 0.25) is 0 Å². The predicted molar refractivity (Wildman–Crippen MR) is 111 cm³/mol. The SMILES string of the molecule is O=C(CCN1C(=O)[C@@H]2CCCC[C@H]2C1=O)NCc1ccccc1CN1CCOCC1. The van der Waals surface area contributed by atoms with Crippen molar-refractivity contribution in [3.8, 4) is 0 Å². The van der Waals surface area contributed by atoms with E-state index in [9.17, 15) is 14.4 Å². The molecule has 0 aromatic heterocycles. The molecule has 3 amide bonds. The molecule has 2 aliphatic heterocycles. The van der Waals surface area contributed by atoms with Crippen LogP contribution < -0.4 is 5.32 Å². The highest BCUT2D eigenvalue weighted by Gasteiger charge is 2.47. The molecule has 7 heteroatoms. The summed E-state index contributed by atoms with van der Waals surface area (Å²) in [5.74, 6) is -0.587. The van der Waals surface area contributed by atoms with Crippen LogP contribution in [0.4, 0.5) is 0 Å². The summed E-state index contributed by atoms with van der Waals surface area (Å²) in [5.41, 5.74) is 2.30. The van der Waals surface area contributed by atoms with E-state index >= 15 is 0 Å². The molecule has 30 heavy (non-hydrogen) atoms. The van der Waals surface area contributed by atoms with Crippen molar-refractivity contribution >= 4 is 17.7 Å². The number of hydrogen-bond donors (Lipinski definition) is 1. The van der Waals surface area contributed by atoms with Crippen molar-refractivity contribution in [2.24, 2.45) is 11.8 Å². The first-order valence-electron chi connectivity index (χ1n) is 11.1. The van der Waals surface area contributed by atoms with E-state index in [4.69, 9.17) is 4.74 Å². The first-order chi connectivity index (χ1) is 14.6. The standard InChI is InChI=1S/C23H31N3O4/c27-21(9-10-26-22(28)19-7-3-4-8-20(19)23(26)29)24-15-17-5-1-2-6-18(17)16-25-11-13-30-14-12-25/h1-2,5-6,19-20H,3-4,7-16H2,(H,24,27)/t19-,20-/m1/s1. The molecule has 1 aromatic carbocycles. The van der Waals surface area contributed by atoms with E-state index in [1.54, 1.807) is 0 Å². The van der Waals surface area contributed by atoms with Crippen molar-refractivity contribution in [2.75, 3.05) is 32.8 Å². The van der Waals surface area contributed by atoms with Crippen molar-refractivity contribution in [1.29, 1.82) is 0 Å². The number of rotatable bonds is 7. The summed E-state index contributed by atoms with van der Waals surface area (Å²) < 4.78 is 5.41. The summed E-state index contributed by atoms with van der Waals surface area (Å²) in [5, 5.41) is 2.96. The largest absolute Gasteiger partial charge is 0.379 e. The molecule has 2 heterocycles. The van der Waals surface area contributed by atoms with E-state index in [0.717, 1.165) is 64.1 Å². The highest BCUT2D eigenvalue weighted by atomic mass is 16.5. The molecule has 0 radical (unpaired) electrons. The van der Waals surface area contributed by atoms with Gasteiger partial charge in [0.25, 0.3) is 0 Å². The van der Waals surface area contributed by atoms with Crippen LogP contribution in [-0.2, 0) is 32.2 Å². The Morgan fingerprint density at radius 2 is 1.63 bits per heavy atom. The summed E-state index contributed by atoms with van der Waals surface area (Å²) >= 11 is 0. The number of carbonyl (C=O) groups excluding carboxylic acids is 3. The monoisotopic (exact) mass is 413 g/mol. The quantitative estimate of drug-likeness (QED) is 0.689. The van der Waals surface area contributed by atoms with Gasteiger partial charge in [0.05, 0.1) is 25.0 Å². The summed E-state index contributed by atoms with van der Waals surface area (Å²) in [6, 6.07) is 8.13. The maximum absolute atomic E-state index is 12.5. The molecule has 3 aliphatic rings. The van der Waals surface area contributed by atoms with Gasteiger partial charge >= 0.3 is 0 Å². The molecule has 2 saturated heterocycles. The van der Waals surface area contributed by atoms with E-state index in [-0.39, 0.29) is 42.5 Å².